The summed E-state index contributed by atoms with van der Waals surface area (Å²) in [5, 5.41) is 12.3. The van der Waals surface area contributed by atoms with Crippen molar-refractivity contribution in [2.24, 2.45) is 0 Å². The number of rotatable bonds is 3. The molecule has 0 unspecified atom stereocenters. The quantitative estimate of drug-likeness (QED) is 0.470. The van der Waals surface area contributed by atoms with Crippen molar-refractivity contribution in [3.63, 3.8) is 0 Å². The molecule has 0 saturated carbocycles. The van der Waals surface area contributed by atoms with Gasteiger partial charge in [0.15, 0.2) is 11.3 Å². The van der Waals surface area contributed by atoms with Gasteiger partial charge in [0.25, 0.3) is 5.92 Å². The zero-order chi connectivity index (χ0) is 20.3. The van der Waals surface area contributed by atoms with Crippen LogP contribution in [0.4, 0.5) is 14.6 Å². The minimum atomic E-state index is -2.76. The lowest BCUT2D eigenvalue weighted by Gasteiger charge is -2.20. The predicted octanol–water partition coefficient (Wildman–Crippen LogP) is 4.95. The molecule has 0 fully saturated rings. The third-order valence-corrected chi connectivity index (χ3v) is 6.00. The van der Waals surface area contributed by atoms with E-state index in [0.717, 1.165) is 21.0 Å². The molecule has 148 valence electrons. The molecule has 3 aromatic heterocycles. The largest absolute Gasteiger partial charge is 0.363 e. The fourth-order valence-corrected chi connectivity index (χ4v) is 4.57. The Hall–Kier alpha value is -2.68. The summed E-state index contributed by atoms with van der Waals surface area (Å²) in [5.41, 5.74) is 3.09. The highest BCUT2D eigenvalue weighted by molar-refractivity contribution is 9.10. The van der Waals surface area contributed by atoms with Gasteiger partial charge in [-0.1, -0.05) is 18.2 Å². The molecule has 5 rings (SSSR count). The first kappa shape index (κ1) is 18.4. The molecule has 0 aliphatic heterocycles. The van der Waals surface area contributed by atoms with Crippen molar-refractivity contribution in [2.75, 3.05) is 5.32 Å². The number of halogens is 3. The summed E-state index contributed by atoms with van der Waals surface area (Å²) in [6, 6.07) is 6.83. The van der Waals surface area contributed by atoms with Gasteiger partial charge in [-0.05, 0) is 53.4 Å². The Morgan fingerprint density at radius 2 is 2.07 bits per heavy atom. The van der Waals surface area contributed by atoms with Crippen LogP contribution in [0.2, 0.25) is 0 Å². The fourth-order valence-electron chi connectivity index (χ4n) is 4.07. The Balaban J connectivity index is 1.61. The second-order valence-electron chi connectivity index (χ2n) is 7.32. The summed E-state index contributed by atoms with van der Waals surface area (Å²) in [5.74, 6) is -1.53. The Kier molecular flexibility index (Phi) is 4.06. The molecule has 1 aliphatic rings. The van der Waals surface area contributed by atoms with E-state index in [2.05, 4.69) is 41.4 Å². The van der Waals surface area contributed by atoms with Crippen molar-refractivity contribution in [3.8, 4) is 0 Å². The monoisotopic (exact) mass is 458 g/mol. The van der Waals surface area contributed by atoms with Crippen LogP contribution in [0.15, 0.2) is 35.1 Å². The summed E-state index contributed by atoms with van der Waals surface area (Å²) >= 11 is 3.52. The number of benzene rings is 1. The lowest BCUT2D eigenvalue weighted by atomic mass is 9.97. The van der Waals surface area contributed by atoms with E-state index < -0.39 is 5.92 Å². The van der Waals surface area contributed by atoms with Gasteiger partial charge in [0, 0.05) is 12.0 Å². The second kappa shape index (κ2) is 6.41. The minimum absolute atomic E-state index is 0.139. The average molecular weight is 459 g/mol. The van der Waals surface area contributed by atoms with Crippen LogP contribution in [0, 0.1) is 6.92 Å². The van der Waals surface area contributed by atoms with E-state index in [-0.39, 0.29) is 18.0 Å². The molecule has 3 heterocycles. The Morgan fingerprint density at radius 1 is 1.24 bits per heavy atom. The topological polar surface area (TPSA) is 68.0 Å². The van der Waals surface area contributed by atoms with Gasteiger partial charge in [0.05, 0.1) is 15.9 Å². The molecule has 1 N–H and O–H groups in total. The third-order valence-electron chi connectivity index (χ3n) is 5.41. The second-order valence-corrected chi connectivity index (χ2v) is 8.17. The summed E-state index contributed by atoms with van der Waals surface area (Å²) in [6.07, 6.45) is 1.84. The number of pyridine rings is 1. The number of aryl methyl sites for hydroxylation is 1. The van der Waals surface area contributed by atoms with Crippen LogP contribution in [0.3, 0.4) is 0 Å². The van der Waals surface area contributed by atoms with Gasteiger partial charge in [-0.15, -0.1) is 10.2 Å². The van der Waals surface area contributed by atoms with Gasteiger partial charge in [-0.3, -0.25) is 4.40 Å². The number of aromatic nitrogens is 5. The Bertz CT molecular complexity index is 1270. The van der Waals surface area contributed by atoms with Crippen LogP contribution in [-0.4, -0.2) is 24.6 Å². The van der Waals surface area contributed by atoms with Crippen LogP contribution >= 0.6 is 15.9 Å². The molecular weight excluding hydrogens is 442 g/mol. The van der Waals surface area contributed by atoms with Gasteiger partial charge >= 0.3 is 0 Å². The normalized spacial score (nSPS) is 16.3. The van der Waals surface area contributed by atoms with E-state index in [1.54, 1.807) is 16.8 Å². The maximum absolute atomic E-state index is 14.2. The molecule has 0 bridgehead atoms. The smallest absolute Gasteiger partial charge is 0.273 e. The van der Waals surface area contributed by atoms with Crippen molar-refractivity contribution in [3.05, 3.63) is 57.6 Å². The van der Waals surface area contributed by atoms with Gasteiger partial charge in [-0.25, -0.2) is 18.7 Å². The van der Waals surface area contributed by atoms with Crippen LogP contribution in [0.1, 0.15) is 41.9 Å². The van der Waals surface area contributed by atoms with Crippen molar-refractivity contribution in [1.29, 1.82) is 0 Å². The predicted molar refractivity (Wildman–Crippen MR) is 109 cm³/mol. The molecule has 9 heteroatoms. The number of anilines is 1. The molecule has 4 aromatic rings. The highest BCUT2D eigenvalue weighted by Crippen LogP contribution is 2.44. The first-order valence-corrected chi connectivity index (χ1v) is 10.1. The molecule has 29 heavy (non-hydrogen) atoms. The molecule has 0 radical (unpaired) electrons. The molecule has 0 amide bonds. The van der Waals surface area contributed by atoms with Crippen molar-refractivity contribution >= 4 is 38.4 Å². The number of hydrogen-bond donors (Lipinski definition) is 1. The van der Waals surface area contributed by atoms with Gasteiger partial charge in [-0.2, -0.15) is 0 Å². The Morgan fingerprint density at radius 3 is 2.90 bits per heavy atom. The van der Waals surface area contributed by atoms with E-state index in [1.165, 1.54) is 6.07 Å². The summed E-state index contributed by atoms with van der Waals surface area (Å²) in [6.45, 7) is 3.77. The summed E-state index contributed by atoms with van der Waals surface area (Å²) < 4.78 is 30.9. The molecule has 0 spiro atoms. The molecule has 1 aliphatic carbocycles. The molecule has 1 atom stereocenters. The van der Waals surface area contributed by atoms with Gasteiger partial charge < -0.3 is 5.32 Å². The van der Waals surface area contributed by atoms with E-state index in [0.29, 0.717) is 29.4 Å². The fraction of sp³-hybridized carbons (Fsp3) is 0.300. The first-order valence-electron chi connectivity index (χ1n) is 9.28. The lowest BCUT2D eigenvalue weighted by Crippen LogP contribution is -2.13. The highest BCUT2D eigenvalue weighted by Gasteiger charge is 2.40. The molecular formula is C20H17BrF2N6. The van der Waals surface area contributed by atoms with Gasteiger partial charge in [0.2, 0.25) is 0 Å². The maximum Gasteiger partial charge on any atom is 0.273 e. The van der Waals surface area contributed by atoms with E-state index in [4.69, 9.17) is 0 Å². The number of nitrogens with one attached hydrogen (secondary N) is 1. The summed E-state index contributed by atoms with van der Waals surface area (Å²) in [4.78, 5) is 9.12. The number of alkyl halides is 2. The van der Waals surface area contributed by atoms with Crippen LogP contribution in [0.5, 0.6) is 0 Å². The first-order chi connectivity index (χ1) is 13.8. The number of fused-ring (bicyclic) bond motifs is 4. The zero-order valence-electron chi connectivity index (χ0n) is 15.7. The van der Waals surface area contributed by atoms with E-state index in [9.17, 15) is 8.78 Å². The van der Waals surface area contributed by atoms with Crippen LogP contribution < -0.4 is 5.32 Å². The molecule has 0 saturated heterocycles. The highest BCUT2D eigenvalue weighted by atomic mass is 79.9. The average Bonchev–Trinajstić information content (AvgIpc) is 3.28. The zero-order valence-corrected chi connectivity index (χ0v) is 17.3. The van der Waals surface area contributed by atoms with Crippen molar-refractivity contribution in [2.45, 2.75) is 38.7 Å². The van der Waals surface area contributed by atoms with E-state index >= 15 is 0 Å². The van der Waals surface area contributed by atoms with Crippen molar-refractivity contribution in [1.82, 2.24) is 24.6 Å². The summed E-state index contributed by atoms with van der Waals surface area (Å²) in [7, 11) is 0. The van der Waals surface area contributed by atoms with Gasteiger partial charge in [0.1, 0.15) is 18.0 Å². The molecule has 6 nitrogen and oxygen atoms in total. The molecule has 1 aromatic carbocycles. The minimum Gasteiger partial charge on any atom is -0.363 e. The van der Waals surface area contributed by atoms with Crippen LogP contribution in [0.25, 0.3) is 16.7 Å². The third kappa shape index (κ3) is 2.87. The van der Waals surface area contributed by atoms with Crippen molar-refractivity contribution < 1.29 is 8.78 Å². The standard InChI is InChI=1S/C20H17BrF2N6/c1-10(12-4-3-5-15-13(12)6-7-20(15,22)23)25-17-14-8-16(21)19-28-24-9-29(19)18(14)27-11(2)26-17/h3-5,8-10H,6-7H2,1-2H3,(H,25,26,27)/t10-/m1/s1. The Labute approximate surface area is 173 Å². The van der Waals surface area contributed by atoms with Crippen LogP contribution in [-0.2, 0) is 12.3 Å². The number of nitrogens with zero attached hydrogens (tertiary/aromatic N) is 5. The maximum atomic E-state index is 14.2. The SMILES string of the molecule is Cc1nc(N[C@H](C)c2cccc3c2CCC3(F)F)c2cc(Br)c3nncn3c2n1. The lowest BCUT2D eigenvalue weighted by molar-refractivity contribution is -0.00184. The number of hydrogen-bond acceptors (Lipinski definition) is 5. The van der Waals surface area contributed by atoms with E-state index in [1.807, 2.05) is 26.0 Å².